The maximum absolute atomic E-state index is 12.2. The lowest BCUT2D eigenvalue weighted by molar-refractivity contribution is 0.0525. The second-order valence-electron chi connectivity index (χ2n) is 6.21. The Kier molecular flexibility index (Phi) is 5.31. The van der Waals surface area contributed by atoms with E-state index >= 15 is 0 Å². The predicted molar refractivity (Wildman–Crippen MR) is 98.7 cm³/mol. The van der Waals surface area contributed by atoms with E-state index in [-0.39, 0.29) is 12.1 Å². The number of aromatic nitrogens is 2. The highest BCUT2D eigenvalue weighted by Crippen LogP contribution is 2.32. The van der Waals surface area contributed by atoms with Crippen LogP contribution in [0.3, 0.4) is 0 Å². The number of carbonyl (C=O) groups excluding carboxylic acids is 2. The van der Waals surface area contributed by atoms with Crippen LogP contribution in [0.5, 0.6) is 0 Å². The zero-order valence-electron chi connectivity index (χ0n) is 15.5. The molecule has 1 saturated heterocycles. The molecule has 0 atom stereocenters. The summed E-state index contributed by atoms with van der Waals surface area (Å²) >= 11 is 1.61. The molecule has 26 heavy (non-hydrogen) atoms. The van der Waals surface area contributed by atoms with E-state index in [9.17, 15) is 9.59 Å². The molecule has 1 aliphatic rings. The van der Waals surface area contributed by atoms with E-state index < -0.39 is 0 Å². The molecule has 7 nitrogen and oxygen atoms in total. The van der Waals surface area contributed by atoms with Gasteiger partial charge in [0.1, 0.15) is 12.3 Å². The van der Waals surface area contributed by atoms with Crippen molar-refractivity contribution >= 4 is 23.4 Å². The summed E-state index contributed by atoms with van der Waals surface area (Å²) in [7, 11) is 0. The van der Waals surface area contributed by atoms with E-state index in [1.807, 2.05) is 20.8 Å². The van der Waals surface area contributed by atoms with E-state index in [0.717, 1.165) is 32.5 Å². The Balaban J connectivity index is 1.82. The highest BCUT2D eigenvalue weighted by Gasteiger charge is 2.24. The highest BCUT2D eigenvalue weighted by molar-refractivity contribution is 7.12. The van der Waals surface area contributed by atoms with E-state index in [4.69, 9.17) is 14.5 Å². The third-order valence-electron chi connectivity index (χ3n) is 4.44. The number of thiazole rings is 1. The summed E-state index contributed by atoms with van der Waals surface area (Å²) < 4.78 is 10.1. The Morgan fingerprint density at radius 2 is 2.15 bits per heavy atom. The fraction of sp³-hybridized carbons (Fsp3) is 0.500. The molecular weight excluding hydrogens is 354 g/mol. The fourth-order valence-electron chi connectivity index (χ4n) is 3.15. The summed E-state index contributed by atoms with van der Waals surface area (Å²) in [5.74, 6) is -0.314. The Morgan fingerprint density at radius 3 is 2.81 bits per heavy atom. The minimum Gasteiger partial charge on any atom is -0.462 e. The minimum atomic E-state index is -0.314. The average molecular weight is 377 g/mol. The van der Waals surface area contributed by atoms with Gasteiger partial charge in [0.15, 0.2) is 0 Å². The van der Waals surface area contributed by atoms with Crippen molar-refractivity contribution in [1.82, 2.24) is 14.9 Å². The molecule has 0 bridgehead atoms. The van der Waals surface area contributed by atoms with Crippen molar-refractivity contribution in [2.75, 3.05) is 26.3 Å². The summed E-state index contributed by atoms with van der Waals surface area (Å²) in [4.78, 5) is 34.5. The Labute approximate surface area is 156 Å². The number of nitrogens with one attached hydrogen (secondary N) is 1. The van der Waals surface area contributed by atoms with Crippen LogP contribution in [-0.4, -0.2) is 53.2 Å². The topological polar surface area (TPSA) is 84.5 Å². The van der Waals surface area contributed by atoms with Crippen molar-refractivity contribution in [3.8, 4) is 11.4 Å². The van der Waals surface area contributed by atoms with E-state index in [1.165, 1.54) is 0 Å². The van der Waals surface area contributed by atoms with Gasteiger partial charge in [-0.3, -0.25) is 0 Å². The van der Waals surface area contributed by atoms with Crippen LogP contribution in [0.4, 0.5) is 4.79 Å². The van der Waals surface area contributed by atoms with Crippen molar-refractivity contribution in [1.29, 1.82) is 0 Å². The van der Waals surface area contributed by atoms with Crippen LogP contribution in [-0.2, 0) is 15.9 Å². The number of hydrogen-bond acceptors (Lipinski definition) is 6. The zero-order valence-corrected chi connectivity index (χ0v) is 16.3. The molecule has 1 fully saturated rings. The molecule has 1 amide bonds. The van der Waals surface area contributed by atoms with Crippen LogP contribution in [0.2, 0.25) is 0 Å². The number of H-pyrrole nitrogens is 1. The lowest BCUT2D eigenvalue weighted by Crippen LogP contribution is -2.26. The molecule has 0 unspecified atom stereocenters. The molecule has 1 aliphatic heterocycles. The number of hydrogen-bond donors (Lipinski definition) is 1. The van der Waals surface area contributed by atoms with Crippen LogP contribution in [0, 0.1) is 20.8 Å². The molecule has 140 valence electrons. The number of ether oxygens (including phenoxy) is 2. The fourth-order valence-corrected chi connectivity index (χ4v) is 4.07. The van der Waals surface area contributed by atoms with Gasteiger partial charge < -0.3 is 19.4 Å². The second-order valence-corrected chi connectivity index (χ2v) is 7.50. The first-order chi connectivity index (χ1) is 12.4. The van der Waals surface area contributed by atoms with Crippen LogP contribution < -0.4 is 0 Å². The standard InChI is InChI=1S/C18H23N3O4S/c1-5-24-17(22)14-10(2)15(19-11(14)3)16-12(4)26-13(20-16)6-7-21-8-9-25-18(21)23/h19H,5-9H2,1-4H3. The Morgan fingerprint density at radius 1 is 1.38 bits per heavy atom. The van der Waals surface area contributed by atoms with Gasteiger partial charge in [-0.05, 0) is 33.3 Å². The SMILES string of the molecule is CCOC(=O)c1c(C)[nH]c(-c2nc(CCN3CCOC3=O)sc2C)c1C. The highest BCUT2D eigenvalue weighted by atomic mass is 32.1. The van der Waals surface area contributed by atoms with Gasteiger partial charge in [-0.15, -0.1) is 11.3 Å². The number of esters is 1. The molecule has 1 N–H and O–H groups in total. The first kappa shape index (κ1) is 18.4. The Bertz CT molecular complexity index is 840. The molecule has 8 heteroatoms. The largest absolute Gasteiger partial charge is 0.462 e. The average Bonchev–Trinajstić information content (AvgIpc) is 3.24. The van der Waals surface area contributed by atoms with Gasteiger partial charge in [0.05, 0.1) is 29.4 Å². The first-order valence-corrected chi connectivity index (χ1v) is 9.48. The van der Waals surface area contributed by atoms with E-state index in [1.54, 1.807) is 23.2 Å². The van der Waals surface area contributed by atoms with Gasteiger partial charge in [0.2, 0.25) is 0 Å². The van der Waals surface area contributed by atoms with Crippen LogP contribution >= 0.6 is 11.3 Å². The van der Waals surface area contributed by atoms with Crippen LogP contribution in [0.1, 0.15) is 38.4 Å². The van der Waals surface area contributed by atoms with Gasteiger partial charge in [-0.25, -0.2) is 14.6 Å². The number of rotatable bonds is 6. The molecule has 3 rings (SSSR count). The van der Waals surface area contributed by atoms with Crippen LogP contribution in [0.25, 0.3) is 11.4 Å². The summed E-state index contributed by atoms with van der Waals surface area (Å²) in [5.41, 5.74) is 3.92. The van der Waals surface area contributed by atoms with Crippen molar-refractivity contribution in [3.63, 3.8) is 0 Å². The molecular formula is C18H23N3O4S. The quantitative estimate of drug-likeness (QED) is 0.781. The van der Waals surface area contributed by atoms with Gasteiger partial charge in [0.25, 0.3) is 0 Å². The van der Waals surface area contributed by atoms with Gasteiger partial charge in [0, 0.05) is 23.5 Å². The predicted octanol–water partition coefficient (Wildman–Crippen LogP) is 3.23. The number of cyclic esters (lactones) is 1. The van der Waals surface area contributed by atoms with Crippen molar-refractivity contribution in [3.05, 3.63) is 26.7 Å². The lowest BCUT2D eigenvalue weighted by atomic mass is 10.1. The van der Waals surface area contributed by atoms with Gasteiger partial charge in [-0.1, -0.05) is 0 Å². The summed E-state index contributed by atoms with van der Waals surface area (Å²) in [5, 5.41) is 0.960. The summed E-state index contributed by atoms with van der Waals surface area (Å²) in [6.45, 7) is 9.61. The molecule has 3 heterocycles. The third kappa shape index (κ3) is 3.46. The third-order valence-corrected chi connectivity index (χ3v) is 5.47. The number of amides is 1. The monoisotopic (exact) mass is 377 g/mol. The number of carbonyl (C=O) groups is 2. The molecule has 2 aromatic rings. The van der Waals surface area contributed by atoms with Crippen LogP contribution in [0.15, 0.2) is 0 Å². The van der Waals surface area contributed by atoms with E-state index in [0.29, 0.717) is 38.3 Å². The number of nitrogens with zero attached hydrogens (tertiary/aromatic N) is 2. The normalized spacial score (nSPS) is 14.0. The summed E-state index contributed by atoms with van der Waals surface area (Å²) in [6, 6.07) is 0. The van der Waals surface area contributed by atoms with Crippen molar-refractivity contribution in [2.24, 2.45) is 0 Å². The van der Waals surface area contributed by atoms with Crippen molar-refractivity contribution < 1.29 is 19.1 Å². The number of aromatic amines is 1. The smallest absolute Gasteiger partial charge is 0.409 e. The molecule has 0 aromatic carbocycles. The maximum Gasteiger partial charge on any atom is 0.409 e. The van der Waals surface area contributed by atoms with Crippen molar-refractivity contribution in [2.45, 2.75) is 34.1 Å². The minimum absolute atomic E-state index is 0.256. The molecule has 0 saturated carbocycles. The molecule has 0 spiro atoms. The molecule has 0 aliphatic carbocycles. The Hall–Kier alpha value is -2.35. The van der Waals surface area contributed by atoms with Gasteiger partial charge >= 0.3 is 12.1 Å². The molecule has 2 aromatic heterocycles. The van der Waals surface area contributed by atoms with Gasteiger partial charge in [-0.2, -0.15) is 0 Å². The maximum atomic E-state index is 12.2. The molecule has 0 radical (unpaired) electrons. The lowest BCUT2D eigenvalue weighted by Gasteiger charge is -2.10. The summed E-state index contributed by atoms with van der Waals surface area (Å²) in [6.07, 6.45) is 0.429. The first-order valence-electron chi connectivity index (χ1n) is 8.67. The second kappa shape index (κ2) is 7.49. The number of aryl methyl sites for hydroxylation is 2. The van der Waals surface area contributed by atoms with E-state index in [2.05, 4.69) is 4.98 Å². The zero-order chi connectivity index (χ0) is 18.8.